The topological polar surface area (TPSA) is 67.0 Å². The molecule has 94 valence electrons. The number of para-hydroxylation sites is 1. The van der Waals surface area contributed by atoms with Crippen LogP contribution in [0.5, 0.6) is 5.75 Å². The van der Waals surface area contributed by atoms with E-state index in [2.05, 4.69) is 15.5 Å². The van der Waals surface area contributed by atoms with Gasteiger partial charge in [0.1, 0.15) is 11.6 Å². The first-order valence-electron chi connectivity index (χ1n) is 5.71. The van der Waals surface area contributed by atoms with Crippen LogP contribution in [-0.4, -0.2) is 23.9 Å². The third kappa shape index (κ3) is 3.10. The van der Waals surface area contributed by atoms with E-state index in [1.165, 1.54) is 6.07 Å². The van der Waals surface area contributed by atoms with Crippen LogP contribution in [0.3, 0.4) is 0 Å². The van der Waals surface area contributed by atoms with Gasteiger partial charge in [0.05, 0.1) is 7.11 Å². The predicted molar refractivity (Wildman–Crippen MR) is 70.0 cm³/mol. The molecule has 1 aromatic heterocycles. The van der Waals surface area contributed by atoms with Gasteiger partial charge in [0.25, 0.3) is 5.56 Å². The van der Waals surface area contributed by atoms with Crippen molar-refractivity contribution in [3.8, 4) is 5.75 Å². The average Bonchev–Trinajstić information content (AvgIpc) is 2.41. The van der Waals surface area contributed by atoms with Crippen molar-refractivity contribution >= 4 is 5.82 Å². The molecule has 0 aliphatic heterocycles. The van der Waals surface area contributed by atoms with Gasteiger partial charge in [-0.1, -0.05) is 18.2 Å². The molecule has 0 aliphatic rings. The van der Waals surface area contributed by atoms with Gasteiger partial charge in [-0.2, -0.15) is 5.10 Å². The summed E-state index contributed by atoms with van der Waals surface area (Å²) in [5.74, 6) is 1.54. The molecular formula is C13H15N3O2. The number of benzene rings is 1. The zero-order chi connectivity index (χ0) is 12.8. The molecular weight excluding hydrogens is 230 g/mol. The first-order chi connectivity index (χ1) is 8.79. The van der Waals surface area contributed by atoms with E-state index in [4.69, 9.17) is 4.74 Å². The summed E-state index contributed by atoms with van der Waals surface area (Å²) < 4.78 is 5.27. The van der Waals surface area contributed by atoms with Crippen molar-refractivity contribution in [3.63, 3.8) is 0 Å². The van der Waals surface area contributed by atoms with Crippen LogP contribution in [0.15, 0.2) is 41.2 Å². The van der Waals surface area contributed by atoms with Crippen molar-refractivity contribution in [2.24, 2.45) is 0 Å². The van der Waals surface area contributed by atoms with Gasteiger partial charge in [-0.3, -0.25) is 4.79 Å². The SMILES string of the molecule is COc1ccccc1CCNc1ccc(=O)[nH]n1. The number of aromatic nitrogens is 2. The lowest BCUT2D eigenvalue weighted by Crippen LogP contribution is -2.11. The van der Waals surface area contributed by atoms with E-state index >= 15 is 0 Å². The molecule has 18 heavy (non-hydrogen) atoms. The first kappa shape index (κ1) is 12.2. The van der Waals surface area contributed by atoms with Crippen molar-refractivity contribution in [1.82, 2.24) is 10.2 Å². The maximum Gasteiger partial charge on any atom is 0.264 e. The molecule has 0 unspecified atom stereocenters. The van der Waals surface area contributed by atoms with Crippen molar-refractivity contribution in [2.45, 2.75) is 6.42 Å². The molecule has 0 radical (unpaired) electrons. The molecule has 0 aliphatic carbocycles. The number of methoxy groups -OCH3 is 1. The lowest BCUT2D eigenvalue weighted by molar-refractivity contribution is 0.410. The van der Waals surface area contributed by atoms with E-state index in [0.29, 0.717) is 5.82 Å². The van der Waals surface area contributed by atoms with E-state index < -0.39 is 0 Å². The molecule has 2 aromatic rings. The van der Waals surface area contributed by atoms with Crippen molar-refractivity contribution in [1.29, 1.82) is 0 Å². The minimum Gasteiger partial charge on any atom is -0.496 e. The maximum absolute atomic E-state index is 10.8. The summed E-state index contributed by atoms with van der Waals surface area (Å²) in [5, 5.41) is 9.39. The van der Waals surface area contributed by atoms with Crippen molar-refractivity contribution in [3.05, 3.63) is 52.3 Å². The highest BCUT2D eigenvalue weighted by Crippen LogP contribution is 2.17. The lowest BCUT2D eigenvalue weighted by atomic mass is 10.1. The third-order valence-corrected chi connectivity index (χ3v) is 2.57. The highest BCUT2D eigenvalue weighted by atomic mass is 16.5. The number of nitrogens with zero attached hydrogens (tertiary/aromatic N) is 1. The normalized spacial score (nSPS) is 10.1. The third-order valence-electron chi connectivity index (χ3n) is 2.57. The van der Waals surface area contributed by atoms with Crippen LogP contribution in [0.4, 0.5) is 5.82 Å². The quantitative estimate of drug-likeness (QED) is 0.836. The molecule has 5 nitrogen and oxygen atoms in total. The van der Waals surface area contributed by atoms with E-state index in [9.17, 15) is 4.79 Å². The highest BCUT2D eigenvalue weighted by Gasteiger charge is 2.01. The maximum atomic E-state index is 10.8. The lowest BCUT2D eigenvalue weighted by Gasteiger charge is -2.08. The molecule has 5 heteroatoms. The summed E-state index contributed by atoms with van der Waals surface area (Å²) in [4.78, 5) is 10.8. The Kier molecular flexibility index (Phi) is 3.96. The molecule has 0 spiro atoms. The number of aromatic amines is 1. The van der Waals surface area contributed by atoms with Crippen LogP contribution in [-0.2, 0) is 6.42 Å². The summed E-state index contributed by atoms with van der Waals surface area (Å²) in [6, 6.07) is 11.0. The number of hydrogen-bond donors (Lipinski definition) is 2. The van der Waals surface area contributed by atoms with E-state index in [1.807, 2.05) is 24.3 Å². The monoisotopic (exact) mass is 245 g/mol. The molecule has 2 N–H and O–H groups in total. The number of anilines is 1. The average molecular weight is 245 g/mol. The number of H-pyrrole nitrogens is 1. The second-order valence-corrected chi connectivity index (χ2v) is 3.80. The van der Waals surface area contributed by atoms with Gasteiger partial charge in [-0.25, -0.2) is 5.10 Å². The Morgan fingerprint density at radius 1 is 1.28 bits per heavy atom. The smallest absolute Gasteiger partial charge is 0.264 e. The Balaban J connectivity index is 1.92. The van der Waals surface area contributed by atoms with Crippen LogP contribution in [0.1, 0.15) is 5.56 Å². The van der Waals surface area contributed by atoms with Gasteiger partial charge in [0, 0.05) is 12.6 Å². The Labute approximate surface area is 105 Å². The number of rotatable bonds is 5. The molecule has 0 amide bonds. The van der Waals surface area contributed by atoms with Gasteiger partial charge in [-0.05, 0) is 24.1 Å². The molecule has 0 atom stereocenters. The Morgan fingerprint density at radius 3 is 2.83 bits per heavy atom. The standard InChI is InChI=1S/C13H15N3O2/c1-18-11-5-3-2-4-10(11)8-9-14-12-6-7-13(17)16-15-12/h2-7H,8-9H2,1H3,(H,14,15)(H,16,17). The van der Waals surface area contributed by atoms with E-state index in [1.54, 1.807) is 13.2 Å². The second-order valence-electron chi connectivity index (χ2n) is 3.80. The summed E-state index contributed by atoms with van der Waals surface area (Å²) in [5.41, 5.74) is 0.933. The summed E-state index contributed by atoms with van der Waals surface area (Å²) in [6.45, 7) is 0.722. The Morgan fingerprint density at radius 2 is 2.11 bits per heavy atom. The zero-order valence-electron chi connectivity index (χ0n) is 10.1. The highest BCUT2D eigenvalue weighted by molar-refractivity contribution is 5.36. The number of nitrogens with one attached hydrogen (secondary N) is 2. The number of ether oxygens (including phenoxy) is 1. The first-order valence-corrected chi connectivity index (χ1v) is 5.71. The summed E-state index contributed by atoms with van der Waals surface area (Å²) >= 11 is 0. The molecule has 0 fully saturated rings. The second kappa shape index (κ2) is 5.86. The van der Waals surface area contributed by atoms with Crippen LogP contribution in [0.2, 0.25) is 0 Å². The molecule has 1 aromatic carbocycles. The zero-order valence-corrected chi connectivity index (χ0v) is 10.1. The van der Waals surface area contributed by atoms with Gasteiger partial charge in [0.2, 0.25) is 0 Å². The van der Waals surface area contributed by atoms with Gasteiger partial charge in [0.15, 0.2) is 0 Å². The van der Waals surface area contributed by atoms with Crippen LogP contribution < -0.4 is 15.6 Å². The van der Waals surface area contributed by atoms with E-state index in [-0.39, 0.29) is 5.56 Å². The molecule has 0 saturated heterocycles. The van der Waals surface area contributed by atoms with Crippen LogP contribution in [0, 0.1) is 0 Å². The van der Waals surface area contributed by atoms with Crippen molar-refractivity contribution < 1.29 is 4.74 Å². The predicted octanol–water partition coefficient (Wildman–Crippen LogP) is 1.43. The fourth-order valence-electron chi connectivity index (χ4n) is 1.68. The molecule has 0 bridgehead atoms. The molecule has 1 heterocycles. The molecule has 2 rings (SSSR count). The fraction of sp³-hybridized carbons (Fsp3) is 0.231. The Bertz CT molecular complexity index is 546. The minimum absolute atomic E-state index is 0.203. The number of hydrogen-bond acceptors (Lipinski definition) is 4. The van der Waals surface area contributed by atoms with Crippen molar-refractivity contribution in [2.75, 3.05) is 19.0 Å². The van der Waals surface area contributed by atoms with Gasteiger partial charge in [-0.15, -0.1) is 0 Å². The fourth-order valence-corrected chi connectivity index (χ4v) is 1.68. The van der Waals surface area contributed by atoms with Gasteiger partial charge < -0.3 is 10.1 Å². The summed E-state index contributed by atoms with van der Waals surface area (Å²) in [7, 11) is 1.66. The van der Waals surface area contributed by atoms with Crippen LogP contribution in [0.25, 0.3) is 0 Å². The largest absolute Gasteiger partial charge is 0.496 e. The van der Waals surface area contributed by atoms with Crippen LogP contribution >= 0.6 is 0 Å². The van der Waals surface area contributed by atoms with E-state index in [0.717, 1.165) is 24.3 Å². The minimum atomic E-state index is -0.203. The molecule has 0 saturated carbocycles. The Hall–Kier alpha value is -2.30. The van der Waals surface area contributed by atoms with Gasteiger partial charge >= 0.3 is 0 Å². The summed E-state index contributed by atoms with van der Waals surface area (Å²) in [6.07, 6.45) is 0.824.